The van der Waals surface area contributed by atoms with Gasteiger partial charge in [0.15, 0.2) is 5.17 Å². The summed E-state index contributed by atoms with van der Waals surface area (Å²) in [6.45, 7) is 4.06. The molecular formula is C13H13N3OS. The van der Waals surface area contributed by atoms with Crippen LogP contribution < -0.4 is 4.90 Å². The van der Waals surface area contributed by atoms with E-state index in [2.05, 4.69) is 6.07 Å². The number of thioether (sulfide) groups is 1. The molecule has 5 heteroatoms. The van der Waals surface area contributed by atoms with Gasteiger partial charge in [0.25, 0.3) is 0 Å². The minimum absolute atomic E-state index is 0.0954. The first-order chi connectivity index (χ1) is 8.54. The largest absolute Gasteiger partial charge is 0.278 e. The summed E-state index contributed by atoms with van der Waals surface area (Å²) < 4.78 is 0. The number of nitrogens with zero attached hydrogens (tertiary/aromatic N) is 2. The molecule has 1 amide bonds. The van der Waals surface area contributed by atoms with Crippen LogP contribution in [0, 0.1) is 16.7 Å². The van der Waals surface area contributed by atoms with Crippen LogP contribution in [0.4, 0.5) is 5.69 Å². The predicted octanol–water partition coefficient (Wildman–Crippen LogP) is 2.70. The van der Waals surface area contributed by atoms with Gasteiger partial charge < -0.3 is 0 Å². The van der Waals surface area contributed by atoms with Crippen LogP contribution in [0.5, 0.6) is 0 Å². The van der Waals surface area contributed by atoms with Gasteiger partial charge in [-0.05, 0) is 23.6 Å². The number of hydrogen-bond acceptors (Lipinski definition) is 4. The molecule has 0 spiro atoms. The third-order valence-electron chi connectivity index (χ3n) is 2.81. The highest BCUT2D eigenvalue weighted by molar-refractivity contribution is 8.15. The molecule has 1 aliphatic heterocycles. The van der Waals surface area contributed by atoms with E-state index in [0.29, 0.717) is 17.0 Å². The molecule has 18 heavy (non-hydrogen) atoms. The van der Waals surface area contributed by atoms with E-state index in [0.717, 1.165) is 5.56 Å². The highest BCUT2D eigenvalue weighted by atomic mass is 32.2. The van der Waals surface area contributed by atoms with Crippen LogP contribution >= 0.6 is 11.8 Å². The standard InChI is InChI=1S/C13H13N3OS/c1-8(2)10-4-3-9(6-14)5-11(10)16-12(17)7-18-13(16)15/h3-5,8,15H,7H2,1-2H3. The highest BCUT2D eigenvalue weighted by Gasteiger charge is 2.30. The van der Waals surface area contributed by atoms with E-state index in [9.17, 15) is 4.79 Å². The number of amides is 1. The van der Waals surface area contributed by atoms with Gasteiger partial charge >= 0.3 is 0 Å². The van der Waals surface area contributed by atoms with Gasteiger partial charge in [0, 0.05) is 0 Å². The maximum absolute atomic E-state index is 11.8. The van der Waals surface area contributed by atoms with E-state index < -0.39 is 0 Å². The summed E-state index contributed by atoms with van der Waals surface area (Å²) in [5.74, 6) is 0.439. The molecule has 0 radical (unpaired) electrons. The Morgan fingerprint density at radius 3 is 2.72 bits per heavy atom. The normalized spacial score (nSPS) is 15.3. The van der Waals surface area contributed by atoms with Gasteiger partial charge in [-0.1, -0.05) is 31.7 Å². The SMILES string of the molecule is CC(C)c1ccc(C#N)cc1N1C(=N)SCC1=O. The fourth-order valence-corrected chi connectivity index (χ4v) is 2.63. The maximum Gasteiger partial charge on any atom is 0.243 e. The molecule has 0 unspecified atom stereocenters. The van der Waals surface area contributed by atoms with Gasteiger partial charge in [0.2, 0.25) is 5.91 Å². The molecule has 92 valence electrons. The molecule has 1 aromatic rings. The molecule has 1 aliphatic rings. The summed E-state index contributed by atoms with van der Waals surface area (Å²) in [6.07, 6.45) is 0. The van der Waals surface area contributed by atoms with Crippen molar-refractivity contribution < 1.29 is 4.79 Å². The third-order valence-corrected chi connectivity index (χ3v) is 3.65. The van der Waals surface area contributed by atoms with Crippen LogP contribution in [0.1, 0.15) is 30.9 Å². The monoisotopic (exact) mass is 259 g/mol. The van der Waals surface area contributed by atoms with Crippen LogP contribution in [0.25, 0.3) is 0 Å². The number of carbonyl (C=O) groups excluding carboxylic acids is 1. The predicted molar refractivity (Wildman–Crippen MR) is 72.9 cm³/mol. The van der Waals surface area contributed by atoms with Crippen molar-refractivity contribution in [3.8, 4) is 6.07 Å². The lowest BCUT2D eigenvalue weighted by molar-refractivity contribution is -0.115. The van der Waals surface area contributed by atoms with Crippen LogP contribution in [-0.2, 0) is 4.79 Å². The molecule has 1 N–H and O–H groups in total. The molecule has 0 aromatic heterocycles. The minimum Gasteiger partial charge on any atom is -0.278 e. The average Bonchev–Trinajstić information content (AvgIpc) is 2.68. The molecule has 1 aromatic carbocycles. The van der Waals surface area contributed by atoms with Crippen LogP contribution in [-0.4, -0.2) is 16.8 Å². The smallest absolute Gasteiger partial charge is 0.243 e. The number of carbonyl (C=O) groups is 1. The van der Waals surface area contributed by atoms with Crippen molar-refractivity contribution in [3.05, 3.63) is 29.3 Å². The molecule has 1 heterocycles. The van der Waals surface area contributed by atoms with Gasteiger partial charge in [-0.15, -0.1) is 0 Å². The average molecular weight is 259 g/mol. The van der Waals surface area contributed by atoms with Crippen molar-refractivity contribution in [1.29, 1.82) is 10.7 Å². The molecule has 0 aliphatic carbocycles. The molecule has 1 fully saturated rings. The van der Waals surface area contributed by atoms with Crippen molar-refractivity contribution in [2.45, 2.75) is 19.8 Å². The number of amidine groups is 1. The Balaban J connectivity index is 2.57. The van der Waals surface area contributed by atoms with Crippen molar-refractivity contribution in [3.63, 3.8) is 0 Å². The van der Waals surface area contributed by atoms with Crippen LogP contribution in [0.3, 0.4) is 0 Å². The summed E-state index contributed by atoms with van der Waals surface area (Å²) in [7, 11) is 0. The van der Waals surface area contributed by atoms with Gasteiger partial charge in [-0.3, -0.25) is 15.1 Å². The Morgan fingerprint density at radius 2 is 2.22 bits per heavy atom. The zero-order chi connectivity index (χ0) is 13.3. The van der Waals surface area contributed by atoms with E-state index >= 15 is 0 Å². The molecule has 0 saturated carbocycles. The summed E-state index contributed by atoms with van der Waals surface area (Å²) in [5.41, 5.74) is 2.16. The number of nitrogens with one attached hydrogen (secondary N) is 1. The summed E-state index contributed by atoms with van der Waals surface area (Å²) >= 11 is 1.22. The van der Waals surface area contributed by atoms with Crippen molar-refractivity contribution in [2.75, 3.05) is 10.7 Å². The highest BCUT2D eigenvalue weighted by Crippen LogP contribution is 2.33. The van der Waals surface area contributed by atoms with Crippen molar-refractivity contribution in [1.82, 2.24) is 0 Å². The first-order valence-electron chi connectivity index (χ1n) is 5.63. The number of nitriles is 1. The Bertz CT molecular complexity index is 544. The quantitative estimate of drug-likeness (QED) is 0.887. The lowest BCUT2D eigenvalue weighted by atomic mass is 9.98. The number of anilines is 1. The fraction of sp³-hybridized carbons (Fsp3) is 0.308. The van der Waals surface area contributed by atoms with Crippen LogP contribution in [0.2, 0.25) is 0 Å². The number of rotatable bonds is 2. The first-order valence-corrected chi connectivity index (χ1v) is 6.61. The Hall–Kier alpha value is -1.80. The van der Waals surface area contributed by atoms with Gasteiger partial charge in [-0.2, -0.15) is 5.26 Å². The summed E-state index contributed by atoms with van der Waals surface area (Å²) in [4.78, 5) is 13.2. The third kappa shape index (κ3) is 2.12. The molecule has 2 rings (SSSR count). The molecule has 0 bridgehead atoms. The molecule has 0 atom stereocenters. The number of benzene rings is 1. The zero-order valence-electron chi connectivity index (χ0n) is 10.2. The summed E-state index contributed by atoms with van der Waals surface area (Å²) in [5, 5.41) is 17.0. The van der Waals surface area contributed by atoms with Crippen LogP contribution in [0.15, 0.2) is 18.2 Å². The van der Waals surface area contributed by atoms with Gasteiger partial charge in [0.05, 0.1) is 23.1 Å². The second kappa shape index (κ2) is 4.83. The maximum atomic E-state index is 11.8. The topological polar surface area (TPSA) is 68.0 Å². The number of hydrogen-bond donors (Lipinski definition) is 1. The Morgan fingerprint density at radius 1 is 1.50 bits per heavy atom. The minimum atomic E-state index is -0.0954. The van der Waals surface area contributed by atoms with Crippen molar-refractivity contribution in [2.24, 2.45) is 0 Å². The Labute approximate surface area is 110 Å². The lowest BCUT2D eigenvalue weighted by Crippen LogP contribution is -2.29. The van der Waals surface area contributed by atoms with E-state index in [1.165, 1.54) is 16.7 Å². The lowest BCUT2D eigenvalue weighted by Gasteiger charge is -2.21. The van der Waals surface area contributed by atoms with Gasteiger partial charge in [-0.25, -0.2) is 0 Å². The second-order valence-electron chi connectivity index (χ2n) is 4.36. The van der Waals surface area contributed by atoms with E-state index in [-0.39, 0.29) is 17.0 Å². The molecule has 4 nitrogen and oxygen atoms in total. The van der Waals surface area contributed by atoms with Gasteiger partial charge in [0.1, 0.15) is 0 Å². The second-order valence-corrected chi connectivity index (χ2v) is 5.33. The zero-order valence-corrected chi connectivity index (χ0v) is 11.0. The molecule has 1 saturated heterocycles. The van der Waals surface area contributed by atoms with E-state index in [4.69, 9.17) is 10.7 Å². The van der Waals surface area contributed by atoms with Crippen molar-refractivity contribution >= 4 is 28.5 Å². The van der Waals surface area contributed by atoms with E-state index in [1.54, 1.807) is 12.1 Å². The van der Waals surface area contributed by atoms with E-state index in [1.807, 2.05) is 19.9 Å². The Kier molecular flexibility index (Phi) is 3.39. The first kappa shape index (κ1) is 12.7. The summed E-state index contributed by atoms with van der Waals surface area (Å²) in [6, 6.07) is 7.37. The fourth-order valence-electron chi connectivity index (χ4n) is 1.91. The molecular weight excluding hydrogens is 246 g/mol.